The first-order valence-corrected chi connectivity index (χ1v) is 9.01. The van der Waals surface area contributed by atoms with Crippen molar-refractivity contribution < 1.29 is 9.59 Å². The molecule has 0 saturated carbocycles. The van der Waals surface area contributed by atoms with E-state index in [1.165, 1.54) is 5.69 Å². The maximum atomic E-state index is 13.1. The third-order valence-electron chi connectivity index (χ3n) is 5.20. The smallest absolute Gasteiger partial charge is 0.255 e. The van der Waals surface area contributed by atoms with Gasteiger partial charge in [0.25, 0.3) is 11.8 Å². The Kier molecular flexibility index (Phi) is 4.32. The number of piperazine rings is 1. The number of amides is 2. The van der Waals surface area contributed by atoms with Crippen molar-refractivity contribution in [2.75, 3.05) is 31.1 Å². The van der Waals surface area contributed by atoms with Crippen LogP contribution in [0.4, 0.5) is 5.69 Å². The molecule has 0 aliphatic carbocycles. The van der Waals surface area contributed by atoms with Gasteiger partial charge in [0.15, 0.2) is 0 Å². The lowest BCUT2D eigenvalue weighted by atomic mass is 9.96. The summed E-state index contributed by atoms with van der Waals surface area (Å²) in [5.74, 6) is -0.167. The van der Waals surface area contributed by atoms with Crippen LogP contribution < -0.4 is 10.2 Å². The first-order chi connectivity index (χ1) is 12.6. The minimum Gasteiger partial charge on any atom is -0.365 e. The summed E-state index contributed by atoms with van der Waals surface area (Å²) in [6.45, 7) is 4.81. The third-order valence-corrected chi connectivity index (χ3v) is 5.20. The lowest BCUT2D eigenvalue weighted by molar-refractivity contribution is 0.0724. The lowest BCUT2D eigenvalue weighted by Gasteiger charge is -2.41. The van der Waals surface area contributed by atoms with Gasteiger partial charge in [0, 0.05) is 50.3 Å². The van der Waals surface area contributed by atoms with Gasteiger partial charge in [-0.2, -0.15) is 0 Å². The Bertz CT molecular complexity index is 837. The molecular weight excluding hydrogens is 328 g/mol. The molecule has 1 aromatic carbocycles. The second-order valence-electron chi connectivity index (χ2n) is 6.85. The molecule has 2 aliphatic heterocycles. The van der Waals surface area contributed by atoms with Gasteiger partial charge in [-0.15, -0.1) is 0 Å². The molecule has 1 fully saturated rings. The molecule has 3 heterocycles. The summed E-state index contributed by atoms with van der Waals surface area (Å²) >= 11 is 0. The molecule has 0 radical (unpaired) electrons. The summed E-state index contributed by atoms with van der Waals surface area (Å²) in [4.78, 5) is 33.4. The zero-order valence-electron chi connectivity index (χ0n) is 14.8. The molecule has 1 N–H and O–H groups in total. The predicted molar refractivity (Wildman–Crippen MR) is 99.4 cm³/mol. The van der Waals surface area contributed by atoms with Crippen LogP contribution in [-0.2, 0) is 6.42 Å². The fourth-order valence-electron chi connectivity index (χ4n) is 3.85. The average molecular weight is 350 g/mol. The molecule has 4 rings (SSSR count). The number of aromatic nitrogens is 1. The number of rotatable bonds is 2. The van der Waals surface area contributed by atoms with E-state index in [0.29, 0.717) is 37.2 Å². The summed E-state index contributed by atoms with van der Waals surface area (Å²) in [5, 5.41) is 2.80. The number of pyridine rings is 1. The molecule has 2 amide bonds. The van der Waals surface area contributed by atoms with E-state index in [1.54, 1.807) is 12.4 Å². The number of hydrogen-bond acceptors (Lipinski definition) is 4. The highest BCUT2D eigenvalue weighted by Crippen LogP contribution is 2.23. The number of carbonyl (C=O) groups is 2. The van der Waals surface area contributed by atoms with Gasteiger partial charge >= 0.3 is 0 Å². The Balaban J connectivity index is 1.54. The maximum Gasteiger partial charge on any atom is 0.255 e. The summed E-state index contributed by atoms with van der Waals surface area (Å²) in [5.41, 5.74) is 3.10. The van der Waals surface area contributed by atoms with E-state index in [-0.39, 0.29) is 17.9 Å². The van der Waals surface area contributed by atoms with Crippen molar-refractivity contribution in [3.8, 4) is 0 Å². The molecule has 0 spiro atoms. The number of benzene rings is 1. The summed E-state index contributed by atoms with van der Waals surface area (Å²) in [6.07, 6.45) is 3.83. The van der Waals surface area contributed by atoms with Gasteiger partial charge in [-0.1, -0.05) is 18.2 Å². The average Bonchev–Trinajstić information content (AvgIpc) is 2.68. The van der Waals surface area contributed by atoms with Crippen LogP contribution in [0.3, 0.4) is 0 Å². The van der Waals surface area contributed by atoms with E-state index < -0.39 is 0 Å². The third kappa shape index (κ3) is 2.92. The number of anilines is 1. The van der Waals surface area contributed by atoms with Crippen molar-refractivity contribution in [2.24, 2.45) is 0 Å². The second kappa shape index (κ2) is 6.78. The highest BCUT2D eigenvalue weighted by molar-refractivity contribution is 6.02. The van der Waals surface area contributed by atoms with Crippen LogP contribution in [0.15, 0.2) is 42.7 Å². The molecule has 1 saturated heterocycles. The van der Waals surface area contributed by atoms with Crippen molar-refractivity contribution in [3.63, 3.8) is 0 Å². The highest BCUT2D eigenvalue weighted by atomic mass is 16.2. The highest BCUT2D eigenvalue weighted by Gasteiger charge is 2.30. The van der Waals surface area contributed by atoms with Crippen LogP contribution in [0.2, 0.25) is 0 Å². The molecule has 2 aliphatic rings. The molecule has 6 heteroatoms. The minimum absolute atomic E-state index is 0.0244. The topological polar surface area (TPSA) is 65.5 Å². The molecule has 1 aromatic heterocycles. The Morgan fingerprint density at radius 3 is 2.77 bits per heavy atom. The van der Waals surface area contributed by atoms with E-state index in [9.17, 15) is 9.59 Å². The Labute approximate surface area is 152 Å². The van der Waals surface area contributed by atoms with Gasteiger partial charge in [0.05, 0.1) is 11.1 Å². The van der Waals surface area contributed by atoms with E-state index in [0.717, 1.165) is 12.1 Å². The predicted octanol–water partition coefficient (Wildman–Crippen LogP) is 1.72. The Morgan fingerprint density at radius 1 is 1.19 bits per heavy atom. The number of fused-ring (bicyclic) bond motifs is 1. The summed E-state index contributed by atoms with van der Waals surface area (Å²) < 4.78 is 0. The Morgan fingerprint density at radius 2 is 2.00 bits per heavy atom. The van der Waals surface area contributed by atoms with Gasteiger partial charge in [-0.25, -0.2) is 0 Å². The van der Waals surface area contributed by atoms with Crippen molar-refractivity contribution >= 4 is 17.5 Å². The van der Waals surface area contributed by atoms with E-state index in [4.69, 9.17) is 0 Å². The fourth-order valence-corrected chi connectivity index (χ4v) is 3.85. The molecule has 0 bridgehead atoms. The lowest BCUT2D eigenvalue weighted by Crippen LogP contribution is -2.54. The molecule has 6 nitrogen and oxygen atoms in total. The fraction of sp³-hybridized carbons (Fsp3) is 0.350. The maximum absolute atomic E-state index is 13.1. The van der Waals surface area contributed by atoms with Gasteiger partial charge < -0.3 is 15.1 Å². The van der Waals surface area contributed by atoms with Crippen LogP contribution >= 0.6 is 0 Å². The zero-order chi connectivity index (χ0) is 18.1. The van der Waals surface area contributed by atoms with Crippen LogP contribution in [0.1, 0.15) is 33.2 Å². The molecule has 26 heavy (non-hydrogen) atoms. The monoisotopic (exact) mass is 350 g/mol. The minimum atomic E-state index is -0.143. The molecule has 1 unspecified atom stereocenters. The SMILES string of the molecule is CC1CN(C(=O)c2cncc3c2CCNC3=O)CCN1c1ccccc1. The van der Waals surface area contributed by atoms with Gasteiger partial charge in [0.1, 0.15) is 0 Å². The number of hydrogen-bond donors (Lipinski definition) is 1. The normalized spacial score (nSPS) is 19.7. The first-order valence-electron chi connectivity index (χ1n) is 9.01. The Hall–Kier alpha value is -2.89. The summed E-state index contributed by atoms with van der Waals surface area (Å²) in [7, 11) is 0. The van der Waals surface area contributed by atoms with E-state index in [1.807, 2.05) is 23.1 Å². The molecule has 134 valence electrons. The van der Waals surface area contributed by atoms with Gasteiger partial charge in [-0.05, 0) is 31.0 Å². The quantitative estimate of drug-likeness (QED) is 0.896. The van der Waals surface area contributed by atoms with E-state index >= 15 is 0 Å². The number of nitrogens with one attached hydrogen (secondary N) is 1. The summed E-state index contributed by atoms with van der Waals surface area (Å²) in [6, 6.07) is 10.5. The van der Waals surface area contributed by atoms with Crippen molar-refractivity contribution in [2.45, 2.75) is 19.4 Å². The van der Waals surface area contributed by atoms with Crippen molar-refractivity contribution in [1.29, 1.82) is 0 Å². The molecule has 1 atom stereocenters. The number of para-hydroxylation sites is 1. The molecular formula is C20H22N4O2. The van der Waals surface area contributed by atoms with Gasteiger partial charge in [-0.3, -0.25) is 14.6 Å². The zero-order valence-corrected chi connectivity index (χ0v) is 14.8. The largest absolute Gasteiger partial charge is 0.365 e. The second-order valence-corrected chi connectivity index (χ2v) is 6.85. The van der Waals surface area contributed by atoms with Crippen LogP contribution in [0, 0.1) is 0 Å². The van der Waals surface area contributed by atoms with Crippen molar-refractivity contribution in [1.82, 2.24) is 15.2 Å². The van der Waals surface area contributed by atoms with Crippen LogP contribution in [0.5, 0.6) is 0 Å². The number of carbonyl (C=O) groups excluding carboxylic acids is 2. The number of nitrogens with zero attached hydrogens (tertiary/aromatic N) is 3. The molecule has 2 aromatic rings. The van der Waals surface area contributed by atoms with Crippen molar-refractivity contribution in [3.05, 3.63) is 59.4 Å². The van der Waals surface area contributed by atoms with E-state index in [2.05, 4.69) is 34.3 Å². The van der Waals surface area contributed by atoms with Crippen LogP contribution in [0.25, 0.3) is 0 Å². The standard InChI is InChI=1S/C20H22N4O2/c1-14-13-23(9-10-24(14)15-5-3-2-4-6-15)20(26)18-12-21-11-17-16(18)7-8-22-19(17)25/h2-6,11-12,14H,7-10,13H2,1H3,(H,22,25). The first kappa shape index (κ1) is 16.6. The van der Waals surface area contributed by atoms with Crippen LogP contribution in [-0.4, -0.2) is 53.9 Å². The van der Waals surface area contributed by atoms with Gasteiger partial charge in [0.2, 0.25) is 0 Å².